The molecule has 2 nitrogen and oxygen atoms in total. The number of nitrogens with one attached hydrogen (secondary N) is 1. The van der Waals surface area contributed by atoms with Gasteiger partial charge in [0, 0.05) is 6.04 Å². The smallest absolute Gasteiger partial charge is 0.123 e. The fraction of sp³-hybridized carbons (Fsp3) is 0.500. The predicted octanol–water partition coefficient (Wildman–Crippen LogP) is 3.33. The molecule has 0 amide bonds. The minimum Gasteiger partial charge on any atom is -0.489 e. The Morgan fingerprint density at radius 1 is 1.39 bits per heavy atom. The summed E-state index contributed by atoms with van der Waals surface area (Å²) in [4.78, 5) is 0. The van der Waals surface area contributed by atoms with Crippen LogP contribution < -0.4 is 10.1 Å². The Hall–Kier alpha value is -1.28. The molecule has 1 heterocycles. The molecule has 1 unspecified atom stereocenters. The van der Waals surface area contributed by atoms with Gasteiger partial charge in [0.1, 0.15) is 12.4 Å². The second-order valence-corrected chi connectivity index (χ2v) is 5.20. The summed E-state index contributed by atoms with van der Waals surface area (Å²) >= 11 is 0. The number of hydrogen-bond donors (Lipinski definition) is 1. The Morgan fingerprint density at radius 3 is 2.94 bits per heavy atom. The highest BCUT2D eigenvalue weighted by Crippen LogP contribution is 2.22. The standard InChI is InChI=1S/C16H23NO/c1-13(2)12-18-16-9-4-3-7-14(16)11-15-8-5-6-10-17-15/h3-4,7,9,15,17H,1,5-6,8,10-12H2,2H3. The Labute approximate surface area is 110 Å². The summed E-state index contributed by atoms with van der Waals surface area (Å²) in [5.74, 6) is 1.01. The van der Waals surface area contributed by atoms with Crippen LogP contribution in [-0.4, -0.2) is 19.2 Å². The zero-order chi connectivity index (χ0) is 12.8. The summed E-state index contributed by atoms with van der Waals surface area (Å²) in [6.45, 7) is 7.63. The topological polar surface area (TPSA) is 21.3 Å². The Kier molecular flexibility index (Phi) is 4.82. The number of benzene rings is 1. The van der Waals surface area contributed by atoms with Crippen molar-refractivity contribution in [1.29, 1.82) is 0 Å². The molecule has 98 valence electrons. The van der Waals surface area contributed by atoms with Gasteiger partial charge < -0.3 is 10.1 Å². The van der Waals surface area contributed by atoms with Crippen molar-refractivity contribution in [2.24, 2.45) is 0 Å². The van der Waals surface area contributed by atoms with Crippen LogP contribution in [0.1, 0.15) is 31.7 Å². The van der Waals surface area contributed by atoms with Gasteiger partial charge in [0.05, 0.1) is 0 Å². The van der Waals surface area contributed by atoms with Gasteiger partial charge in [0.2, 0.25) is 0 Å². The summed E-state index contributed by atoms with van der Waals surface area (Å²) in [7, 11) is 0. The van der Waals surface area contributed by atoms with Gasteiger partial charge in [-0.25, -0.2) is 0 Å². The minimum absolute atomic E-state index is 0.605. The molecule has 0 aromatic heterocycles. The van der Waals surface area contributed by atoms with Crippen molar-refractivity contribution in [1.82, 2.24) is 5.32 Å². The Bertz CT molecular complexity index is 394. The molecule has 1 aliphatic rings. The molecule has 1 fully saturated rings. The Morgan fingerprint density at radius 2 is 2.22 bits per heavy atom. The zero-order valence-electron chi connectivity index (χ0n) is 11.2. The third kappa shape index (κ3) is 3.88. The molecule has 0 aliphatic carbocycles. The highest BCUT2D eigenvalue weighted by molar-refractivity contribution is 5.34. The van der Waals surface area contributed by atoms with Crippen LogP contribution in [-0.2, 0) is 6.42 Å². The predicted molar refractivity (Wildman–Crippen MR) is 76.1 cm³/mol. The van der Waals surface area contributed by atoms with Crippen molar-refractivity contribution < 1.29 is 4.74 Å². The number of hydrogen-bond acceptors (Lipinski definition) is 2. The number of para-hydroxylation sites is 1. The third-order valence-corrected chi connectivity index (χ3v) is 3.33. The molecule has 0 bridgehead atoms. The molecule has 1 aromatic rings. The van der Waals surface area contributed by atoms with E-state index in [-0.39, 0.29) is 0 Å². The molecule has 1 aromatic carbocycles. The molecule has 2 rings (SSSR count). The van der Waals surface area contributed by atoms with Gasteiger partial charge in [-0.15, -0.1) is 0 Å². The summed E-state index contributed by atoms with van der Waals surface area (Å²) in [5, 5.41) is 3.59. The van der Waals surface area contributed by atoms with Crippen molar-refractivity contribution >= 4 is 0 Å². The maximum atomic E-state index is 5.81. The zero-order valence-corrected chi connectivity index (χ0v) is 11.2. The molecule has 1 atom stereocenters. The van der Waals surface area contributed by atoms with Gasteiger partial charge >= 0.3 is 0 Å². The first kappa shape index (κ1) is 13.2. The van der Waals surface area contributed by atoms with Gasteiger partial charge in [-0.2, -0.15) is 0 Å². The fourth-order valence-corrected chi connectivity index (χ4v) is 2.38. The van der Waals surface area contributed by atoms with E-state index in [2.05, 4.69) is 30.1 Å². The molecule has 0 spiro atoms. The molecular formula is C16H23NO. The van der Waals surface area contributed by atoms with Crippen molar-refractivity contribution in [3.63, 3.8) is 0 Å². The van der Waals surface area contributed by atoms with Gasteiger partial charge in [-0.1, -0.05) is 31.2 Å². The van der Waals surface area contributed by atoms with E-state index in [1.807, 2.05) is 13.0 Å². The van der Waals surface area contributed by atoms with E-state index >= 15 is 0 Å². The first-order chi connectivity index (χ1) is 8.75. The first-order valence-electron chi connectivity index (χ1n) is 6.84. The van der Waals surface area contributed by atoms with Crippen LogP contribution in [0.25, 0.3) is 0 Å². The van der Waals surface area contributed by atoms with Crippen LogP contribution >= 0.6 is 0 Å². The summed E-state index contributed by atoms with van der Waals surface area (Å²) in [6.07, 6.45) is 4.98. The van der Waals surface area contributed by atoms with Crippen LogP contribution in [0, 0.1) is 0 Å². The third-order valence-electron chi connectivity index (χ3n) is 3.33. The van der Waals surface area contributed by atoms with E-state index in [1.165, 1.54) is 24.8 Å². The van der Waals surface area contributed by atoms with Crippen LogP contribution in [0.2, 0.25) is 0 Å². The van der Waals surface area contributed by atoms with E-state index in [9.17, 15) is 0 Å². The largest absolute Gasteiger partial charge is 0.489 e. The lowest BCUT2D eigenvalue weighted by molar-refractivity contribution is 0.342. The molecule has 1 saturated heterocycles. The minimum atomic E-state index is 0.605. The monoisotopic (exact) mass is 245 g/mol. The average molecular weight is 245 g/mol. The Balaban J connectivity index is 1.99. The van der Waals surface area contributed by atoms with Crippen LogP contribution in [0.4, 0.5) is 0 Å². The lowest BCUT2D eigenvalue weighted by Gasteiger charge is -2.24. The SMILES string of the molecule is C=C(C)COc1ccccc1CC1CCCCN1. The average Bonchev–Trinajstić information content (AvgIpc) is 2.39. The van der Waals surface area contributed by atoms with E-state index in [0.717, 1.165) is 24.3 Å². The highest BCUT2D eigenvalue weighted by atomic mass is 16.5. The lowest BCUT2D eigenvalue weighted by Crippen LogP contribution is -2.35. The first-order valence-corrected chi connectivity index (χ1v) is 6.84. The van der Waals surface area contributed by atoms with Crippen molar-refractivity contribution in [3.8, 4) is 5.75 Å². The van der Waals surface area contributed by atoms with Gasteiger partial charge in [-0.05, 0) is 49.9 Å². The highest BCUT2D eigenvalue weighted by Gasteiger charge is 2.15. The molecule has 0 radical (unpaired) electrons. The van der Waals surface area contributed by atoms with Gasteiger partial charge in [0.15, 0.2) is 0 Å². The van der Waals surface area contributed by atoms with Gasteiger partial charge in [0.25, 0.3) is 0 Å². The van der Waals surface area contributed by atoms with E-state index in [4.69, 9.17) is 4.74 Å². The number of rotatable bonds is 5. The quantitative estimate of drug-likeness (QED) is 0.803. The lowest BCUT2D eigenvalue weighted by atomic mass is 9.97. The number of ether oxygens (including phenoxy) is 1. The van der Waals surface area contributed by atoms with Crippen molar-refractivity contribution in [2.75, 3.05) is 13.2 Å². The van der Waals surface area contributed by atoms with Crippen LogP contribution in [0.3, 0.4) is 0 Å². The molecule has 2 heteroatoms. The second kappa shape index (κ2) is 6.60. The normalized spacial score (nSPS) is 19.5. The number of piperidine rings is 1. The maximum absolute atomic E-state index is 5.81. The van der Waals surface area contributed by atoms with Crippen LogP contribution in [0.15, 0.2) is 36.4 Å². The maximum Gasteiger partial charge on any atom is 0.123 e. The molecular weight excluding hydrogens is 222 g/mol. The van der Waals surface area contributed by atoms with Crippen molar-refractivity contribution in [3.05, 3.63) is 42.0 Å². The fourth-order valence-electron chi connectivity index (χ4n) is 2.38. The molecule has 1 N–H and O–H groups in total. The van der Waals surface area contributed by atoms with Gasteiger partial charge in [-0.3, -0.25) is 0 Å². The van der Waals surface area contributed by atoms with E-state index in [0.29, 0.717) is 12.6 Å². The van der Waals surface area contributed by atoms with E-state index in [1.54, 1.807) is 0 Å². The molecule has 18 heavy (non-hydrogen) atoms. The molecule has 1 aliphatic heterocycles. The second-order valence-electron chi connectivity index (χ2n) is 5.20. The summed E-state index contributed by atoms with van der Waals surface area (Å²) in [5.41, 5.74) is 2.36. The summed E-state index contributed by atoms with van der Waals surface area (Å²) < 4.78 is 5.81. The van der Waals surface area contributed by atoms with E-state index < -0.39 is 0 Å². The molecule has 0 saturated carbocycles. The van der Waals surface area contributed by atoms with Crippen LogP contribution in [0.5, 0.6) is 5.75 Å². The summed E-state index contributed by atoms with van der Waals surface area (Å²) in [6, 6.07) is 8.95. The van der Waals surface area contributed by atoms with Crippen molar-refractivity contribution in [2.45, 2.75) is 38.6 Å².